The lowest BCUT2D eigenvalue weighted by Gasteiger charge is -2.19. The van der Waals surface area contributed by atoms with Gasteiger partial charge in [-0.3, -0.25) is 4.79 Å². The Hall–Kier alpha value is -2.06. The molecule has 0 saturated heterocycles. The van der Waals surface area contributed by atoms with Gasteiger partial charge in [0, 0.05) is 18.7 Å². The summed E-state index contributed by atoms with van der Waals surface area (Å²) in [6.45, 7) is 0.482. The van der Waals surface area contributed by atoms with E-state index in [4.69, 9.17) is 9.47 Å². The number of amides is 1. The molecule has 1 amide bonds. The van der Waals surface area contributed by atoms with E-state index < -0.39 is 10.0 Å². The van der Waals surface area contributed by atoms with Crippen LogP contribution in [0.2, 0.25) is 0 Å². The van der Waals surface area contributed by atoms with E-state index in [9.17, 15) is 13.2 Å². The number of fused-ring (bicyclic) bond motifs is 1. The number of para-hydroxylation sites is 1. The molecule has 0 spiro atoms. The van der Waals surface area contributed by atoms with Crippen molar-refractivity contribution in [1.29, 1.82) is 0 Å². The summed E-state index contributed by atoms with van der Waals surface area (Å²) in [5.41, 5.74) is 1.24. The summed E-state index contributed by atoms with van der Waals surface area (Å²) in [4.78, 5) is 12.0. The summed E-state index contributed by atoms with van der Waals surface area (Å²) in [7, 11) is -1.69. The van der Waals surface area contributed by atoms with Crippen LogP contribution in [0, 0.1) is 0 Å². The highest BCUT2D eigenvalue weighted by Gasteiger charge is 2.19. The molecule has 0 atom stereocenters. The molecule has 1 aromatic carbocycles. The van der Waals surface area contributed by atoms with Gasteiger partial charge in [-0.05, 0) is 12.1 Å². The van der Waals surface area contributed by atoms with Crippen LogP contribution in [0.25, 0.3) is 6.08 Å². The third-order valence-corrected chi connectivity index (χ3v) is 3.73. The number of rotatable bonds is 6. The SMILES string of the molecule is COc1cccc2c1OCC(C(=O)NCCNS(C)(=O)=O)=C2. The molecule has 0 fully saturated rings. The molecule has 1 aliphatic heterocycles. The fourth-order valence-corrected chi connectivity index (χ4v) is 2.47. The third kappa shape index (κ3) is 4.22. The molecule has 2 N–H and O–H groups in total. The Kier molecular flexibility index (Phi) is 5.04. The van der Waals surface area contributed by atoms with Crippen LogP contribution in [-0.2, 0) is 14.8 Å². The Morgan fingerprint density at radius 2 is 2.14 bits per heavy atom. The van der Waals surface area contributed by atoms with E-state index in [2.05, 4.69) is 10.0 Å². The second-order valence-corrected chi connectivity index (χ2v) is 6.59. The molecule has 0 saturated carbocycles. The van der Waals surface area contributed by atoms with Crippen LogP contribution in [0.4, 0.5) is 0 Å². The summed E-state index contributed by atoms with van der Waals surface area (Å²) in [6, 6.07) is 5.43. The van der Waals surface area contributed by atoms with Gasteiger partial charge in [0.1, 0.15) is 6.61 Å². The first-order chi connectivity index (χ1) is 10.4. The molecule has 2 rings (SSSR count). The maximum Gasteiger partial charge on any atom is 0.250 e. The standard InChI is InChI=1S/C14H18N2O5S/c1-20-12-5-3-4-10-8-11(9-21-13(10)12)14(17)15-6-7-16-22(2,18)19/h3-5,8,16H,6-7,9H2,1-2H3,(H,15,17). The average Bonchev–Trinajstić information content (AvgIpc) is 2.49. The van der Waals surface area contributed by atoms with Crippen LogP contribution in [0.5, 0.6) is 11.5 Å². The highest BCUT2D eigenvalue weighted by molar-refractivity contribution is 7.88. The largest absolute Gasteiger partial charge is 0.493 e. The number of carbonyl (C=O) groups is 1. The van der Waals surface area contributed by atoms with Gasteiger partial charge in [0.05, 0.1) is 18.9 Å². The number of sulfonamides is 1. The summed E-state index contributed by atoms with van der Waals surface area (Å²) in [5.74, 6) is 0.939. The van der Waals surface area contributed by atoms with Gasteiger partial charge in [-0.25, -0.2) is 13.1 Å². The molecule has 7 nitrogen and oxygen atoms in total. The number of carbonyl (C=O) groups excluding carboxylic acids is 1. The van der Waals surface area contributed by atoms with E-state index >= 15 is 0 Å². The first-order valence-corrected chi connectivity index (χ1v) is 8.53. The second kappa shape index (κ2) is 6.80. The summed E-state index contributed by atoms with van der Waals surface area (Å²) in [6.07, 6.45) is 2.80. The Bertz CT molecular complexity index is 697. The molecule has 0 bridgehead atoms. The molecule has 0 aliphatic carbocycles. The minimum Gasteiger partial charge on any atom is -0.493 e. The van der Waals surface area contributed by atoms with Crippen molar-refractivity contribution in [2.75, 3.05) is 33.1 Å². The molecule has 1 aromatic rings. The van der Waals surface area contributed by atoms with Crippen molar-refractivity contribution in [2.24, 2.45) is 0 Å². The van der Waals surface area contributed by atoms with E-state index in [0.29, 0.717) is 17.1 Å². The lowest BCUT2D eigenvalue weighted by Crippen LogP contribution is -2.36. The first-order valence-electron chi connectivity index (χ1n) is 6.64. The van der Waals surface area contributed by atoms with Crippen LogP contribution in [0.3, 0.4) is 0 Å². The maximum atomic E-state index is 12.0. The Balaban J connectivity index is 1.98. The third-order valence-electron chi connectivity index (χ3n) is 3.00. The predicted molar refractivity (Wildman–Crippen MR) is 82.3 cm³/mol. The van der Waals surface area contributed by atoms with Crippen molar-refractivity contribution in [1.82, 2.24) is 10.0 Å². The fraction of sp³-hybridized carbons (Fsp3) is 0.357. The van der Waals surface area contributed by atoms with Gasteiger partial charge >= 0.3 is 0 Å². The van der Waals surface area contributed by atoms with Gasteiger partial charge in [-0.1, -0.05) is 12.1 Å². The van der Waals surface area contributed by atoms with Gasteiger partial charge < -0.3 is 14.8 Å². The minimum absolute atomic E-state index is 0.138. The quantitative estimate of drug-likeness (QED) is 0.725. The van der Waals surface area contributed by atoms with E-state index in [1.807, 2.05) is 12.1 Å². The zero-order valence-corrected chi connectivity index (χ0v) is 13.2. The summed E-state index contributed by atoms with van der Waals surface area (Å²) in [5, 5.41) is 2.64. The van der Waals surface area contributed by atoms with E-state index in [1.54, 1.807) is 19.3 Å². The van der Waals surface area contributed by atoms with E-state index in [1.165, 1.54) is 0 Å². The molecular formula is C14H18N2O5S. The van der Waals surface area contributed by atoms with Gasteiger partial charge in [-0.15, -0.1) is 0 Å². The zero-order valence-electron chi connectivity index (χ0n) is 12.4. The molecule has 0 unspecified atom stereocenters. The number of ether oxygens (including phenoxy) is 2. The number of benzene rings is 1. The van der Waals surface area contributed by atoms with E-state index in [-0.39, 0.29) is 25.6 Å². The van der Waals surface area contributed by atoms with Crippen LogP contribution >= 0.6 is 0 Å². The van der Waals surface area contributed by atoms with Gasteiger partial charge in [0.2, 0.25) is 10.0 Å². The Morgan fingerprint density at radius 1 is 1.36 bits per heavy atom. The normalized spacial score (nSPS) is 13.6. The zero-order chi connectivity index (χ0) is 16.2. The molecule has 8 heteroatoms. The molecule has 1 aliphatic rings. The molecule has 1 heterocycles. The van der Waals surface area contributed by atoms with Crippen molar-refractivity contribution in [3.8, 4) is 11.5 Å². The Morgan fingerprint density at radius 3 is 2.82 bits per heavy atom. The van der Waals surface area contributed by atoms with Crippen LogP contribution in [0.15, 0.2) is 23.8 Å². The fourth-order valence-electron chi connectivity index (χ4n) is 2.00. The van der Waals surface area contributed by atoms with Crippen molar-refractivity contribution in [3.05, 3.63) is 29.3 Å². The first kappa shape index (κ1) is 16.3. The summed E-state index contributed by atoms with van der Waals surface area (Å²) < 4.78 is 34.9. The number of hydrogen-bond acceptors (Lipinski definition) is 5. The molecule has 0 aromatic heterocycles. The molecule has 0 radical (unpaired) electrons. The highest BCUT2D eigenvalue weighted by atomic mass is 32.2. The van der Waals surface area contributed by atoms with Crippen molar-refractivity contribution >= 4 is 22.0 Å². The molecule has 120 valence electrons. The lowest BCUT2D eigenvalue weighted by atomic mass is 10.1. The van der Waals surface area contributed by atoms with Gasteiger partial charge in [-0.2, -0.15) is 0 Å². The van der Waals surface area contributed by atoms with Crippen LogP contribution < -0.4 is 19.5 Å². The van der Waals surface area contributed by atoms with Gasteiger partial charge in [0.25, 0.3) is 5.91 Å². The van der Waals surface area contributed by atoms with Crippen LogP contribution in [-0.4, -0.2) is 47.4 Å². The number of hydrogen-bond donors (Lipinski definition) is 2. The number of methoxy groups -OCH3 is 1. The average molecular weight is 326 g/mol. The number of nitrogens with one attached hydrogen (secondary N) is 2. The Labute approximate surface area is 129 Å². The summed E-state index contributed by atoms with van der Waals surface area (Å²) >= 11 is 0. The maximum absolute atomic E-state index is 12.0. The molecule has 22 heavy (non-hydrogen) atoms. The highest BCUT2D eigenvalue weighted by Crippen LogP contribution is 2.35. The predicted octanol–water partition coefficient (Wildman–Crippen LogP) is 0.136. The van der Waals surface area contributed by atoms with Crippen molar-refractivity contribution in [3.63, 3.8) is 0 Å². The van der Waals surface area contributed by atoms with Gasteiger partial charge in [0.15, 0.2) is 11.5 Å². The lowest BCUT2D eigenvalue weighted by molar-refractivity contribution is -0.117. The van der Waals surface area contributed by atoms with Crippen molar-refractivity contribution < 1.29 is 22.7 Å². The topological polar surface area (TPSA) is 93.7 Å². The van der Waals surface area contributed by atoms with Crippen molar-refractivity contribution in [2.45, 2.75) is 0 Å². The molecular weight excluding hydrogens is 308 g/mol. The second-order valence-electron chi connectivity index (χ2n) is 4.76. The smallest absolute Gasteiger partial charge is 0.250 e. The minimum atomic E-state index is -3.25. The van der Waals surface area contributed by atoms with E-state index in [0.717, 1.165) is 11.8 Å². The van der Waals surface area contributed by atoms with Crippen LogP contribution in [0.1, 0.15) is 5.56 Å². The monoisotopic (exact) mass is 326 g/mol.